The van der Waals surface area contributed by atoms with Crippen LogP contribution < -0.4 is 10.6 Å². The summed E-state index contributed by atoms with van der Waals surface area (Å²) in [5.74, 6) is 0.812. The summed E-state index contributed by atoms with van der Waals surface area (Å²) in [6, 6.07) is 6.77. The smallest absolute Gasteiger partial charge is 0.191 e. The van der Waals surface area contributed by atoms with Gasteiger partial charge < -0.3 is 20.5 Å². The minimum absolute atomic E-state index is 0.226. The van der Waals surface area contributed by atoms with E-state index in [1.165, 1.54) is 27.6 Å². The van der Waals surface area contributed by atoms with Gasteiger partial charge in [0, 0.05) is 56.0 Å². The molecule has 3 rings (SSSR count). The number of rotatable bonds is 7. The molecule has 1 atom stereocenters. The number of hydrogen-bond donors (Lipinski definition) is 3. The molecule has 0 aliphatic rings. The van der Waals surface area contributed by atoms with Crippen LogP contribution in [-0.4, -0.2) is 59.9 Å². The quantitative estimate of drug-likeness (QED) is 0.433. The molecule has 0 amide bonds. The van der Waals surface area contributed by atoms with Crippen LogP contribution in [0, 0.1) is 6.92 Å². The number of benzene rings is 1. The summed E-state index contributed by atoms with van der Waals surface area (Å²) in [4.78, 5) is 9.91. The van der Waals surface area contributed by atoms with Gasteiger partial charge >= 0.3 is 0 Å². The second kappa shape index (κ2) is 8.93. The molecule has 28 heavy (non-hydrogen) atoms. The highest BCUT2D eigenvalue weighted by atomic mass is 15.3. The van der Waals surface area contributed by atoms with Crippen molar-refractivity contribution in [3.63, 3.8) is 0 Å². The van der Waals surface area contributed by atoms with E-state index in [0.717, 1.165) is 25.5 Å². The predicted octanol–water partition coefficient (Wildman–Crippen LogP) is 2.22. The molecule has 1 unspecified atom stereocenters. The Hall–Kier alpha value is -2.80. The highest BCUT2D eigenvalue weighted by Crippen LogP contribution is 2.19. The topological polar surface area (TPSA) is 73.3 Å². The number of aliphatic imine (C=N–C) groups is 1. The SMILES string of the molecule is CN=C(NCCc1c[nH]c2cc(C)ccc12)NCC(c1cnn(C)c1)N(C)C. The Bertz CT molecular complexity index is 935. The Morgan fingerprint density at radius 2 is 2.14 bits per heavy atom. The van der Waals surface area contributed by atoms with Gasteiger partial charge in [-0.15, -0.1) is 0 Å². The Kier molecular flexibility index (Phi) is 6.36. The standard InChI is InChI=1S/C21H31N7/c1-15-6-7-18-16(11-24-19(18)10-15)8-9-23-21(22-2)25-13-20(27(3)4)17-12-26-28(5)14-17/h6-7,10-12,14,20,24H,8-9,13H2,1-5H3,(H2,22,23,25). The first-order valence-corrected chi connectivity index (χ1v) is 9.64. The number of guanidine groups is 1. The van der Waals surface area contributed by atoms with E-state index in [-0.39, 0.29) is 6.04 Å². The molecule has 3 N–H and O–H groups in total. The van der Waals surface area contributed by atoms with Crippen molar-refractivity contribution in [3.05, 3.63) is 53.5 Å². The highest BCUT2D eigenvalue weighted by Gasteiger charge is 2.16. The van der Waals surface area contributed by atoms with Crippen molar-refractivity contribution in [1.82, 2.24) is 30.3 Å². The second-order valence-electron chi connectivity index (χ2n) is 7.42. The van der Waals surface area contributed by atoms with Gasteiger partial charge in [0.25, 0.3) is 0 Å². The molecule has 0 saturated heterocycles. The van der Waals surface area contributed by atoms with E-state index in [1.54, 1.807) is 7.05 Å². The lowest BCUT2D eigenvalue weighted by atomic mass is 10.1. The maximum Gasteiger partial charge on any atom is 0.191 e. The minimum atomic E-state index is 0.226. The van der Waals surface area contributed by atoms with Crippen LogP contribution >= 0.6 is 0 Å². The average Bonchev–Trinajstić information content (AvgIpc) is 3.26. The van der Waals surface area contributed by atoms with Gasteiger partial charge in [-0.2, -0.15) is 5.10 Å². The summed E-state index contributed by atoms with van der Waals surface area (Å²) < 4.78 is 1.83. The summed E-state index contributed by atoms with van der Waals surface area (Å²) in [6.07, 6.45) is 7.01. The van der Waals surface area contributed by atoms with Gasteiger partial charge in [0.1, 0.15) is 0 Å². The average molecular weight is 382 g/mol. The van der Waals surface area contributed by atoms with Gasteiger partial charge in [-0.3, -0.25) is 9.67 Å². The number of likely N-dealkylation sites (N-methyl/N-ethyl adjacent to an activating group) is 1. The molecule has 0 fully saturated rings. The van der Waals surface area contributed by atoms with Gasteiger partial charge in [0.2, 0.25) is 0 Å². The monoisotopic (exact) mass is 381 g/mol. The van der Waals surface area contributed by atoms with E-state index in [2.05, 4.69) is 82.2 Å². The third kappa shape index (κ3) is 4.72. The van der Waals surface area contributed by atoms with Crippen LogP contribution in [0.4, 0.5) is 0 Å². The number of fused-ring (bicyclic) bond motifs is 1. The molecule has 2 aromatic heterocycles. The van der Waals surface area contributed by atoms with E-state index in [1.807, 2.05) is 17.9 Å². The van der Waals surface area contributed by atoms with Crippen molar-refractivity contribution in [3.8, 4) is 0 Å². The van der Waals surface area contributed by atoms with Crippen LogP contribution in [0.5, 0.6) is 0 Å². The zero-order valence-electron chi connectivity index (χ0n) is 17.5. The predicted molar refractivity (Wildman–Crippen MR) is 116 cm³/mol. The molecule has 2 heterocycles. The first-order chi connectivity index (χ1) is 13.5. The van der Waals surface area contributed by atoms with Crippen molar-refractivity contribution in [2.45, 2.75) is 19.4 Å². The number of nitrogens with one attached hydrogen (secondary N) is 3. The maximum absolute atomic E-state index is 4.36. The van der Waals surface area contributed by atoms with Gasteiger partial charge in [-0.05, 0) is 44.6 Å². The fraction of sp³-hybridized carbons (Fsp3) is 0.429. The molecule has 0 saturated carbocycles. The molecule has 150 valence electrons. The molecular formula is C21H31N7. The summed E-state index contributed by atoms with van der Waals surface area (Å²) >= 11 is 0. The molecule has 1 aromatic carbocycles. The zero-order valence-corrected chi connectivity index (χ0v) is 17.5. The number of aromatic amines is 1. The summed E-state index contributed by atoms with van der Waals surface area (Å²) in [7, 11) is 7.90. The molecule has 7 heteroatoms. The van der Waals surface area contributed by atoms with E-state index >= 15 is 0 Å². The molecule has 7 nitrogen and oxygen atoms in total. The largest absolute Gasteiger partial charge is 0.361 e. The number of aryl methyl sites for hydroxylation is 2. The summed E-state index contributed by atoms with van der Waals surface area (Å²) in [6.45, 7) is 3.69. The summed E-state index contributed by atoms with van der Waals surface area (Å²) in [5.41, 5.74) is 4.97. The van der Waals surface area contributed by atoms with Gasteiger partial charge in [-0.25, -0.2) is 0 Å². The van der Waals surface area contributed by atoms with Gasteiger partial charge in [-0.1, -0.05) is 12.1 Å². The molecular weight excluding hydrogens is 350 g/mol. The van der Waals surface area contributed by atoms with Crippen LogP contribution in [0.15, 0.2) is 41.8 Å². The molecule has 0 aliphatic carbocycles. The molecule has 3 aromatic rings. The number of aromatic nitrogens is 3. The lowest BCUT2D eigenvalue weighted by Crippen LogP contribution is -2.42. The number of nitrogens with zero attached hydrogens (tertiary/aromatic N) is 4. The summed E-state index contributed by atoms with van der Waals surface area (Å²) in [5, 5.41) is 12.4. The van der Waals surface area contributed by atoms with Crippen molar-refractivity contribution in [2.75, 3.05) is 34.2 Å². The van der Waals surface area contributed by atoms with Crippen LogP contribution in [0.3, 0.4) is 0 Å². The normalized spacial score (nSPS) is 13.3. The number of H-pyrrole nitrogens is 1. The third-order valence-corrected chi connectivity index (χ3v) is 5.03. The lowest BCUT2D eigenvalue weighted by Gasteiger charge is -2.24. The van der Waals surface area contributed by atoms with E-state index in [0.29, 0.717) is 0 Å². The Morgan fingerprint density at radius 3 is 2.82 bits per heavy atom. The van der Waals surface area contributed by atoms with E-state index < -0.39 is 0 Å². The van der Waals surface area contributed by atoms with Gasteiger partial charge in [0.15, 0.2) is 5.96 Å². The van der Waals surface area contributed by atoms with Crippen LogP contribution in [0.1, 0.15) is 22.7 Å². The molecule has 0 radical (unpaired) electrons. The number of hydrogen-bond acceptors (Lipinski definition) is 3. The Balaban J connectivity index is 1.54. The van der Waals surface area contributed by atoms with Crippen molar-refractivity contribution >= 4 is 16.9 Å². The van der Waals surface area contributed by atoms with E-state index in [4.69, 9.17) is 0 Å². The zero-order chi connectivity index (χ0) is 20.1. The van der Waals surface area contributed by atoms with E-state index in [9.17, 15) is 0 Å². The van der Waals surface area contributed by atoms with Crippen molar-refractivity contribution < 1.29 is 0 Å². The van der Waals surface area contributed by atoms with Crippen molar-refractivity contribution in [1.29, 1.82) is 0 Å². The van der Waals surface area contributed by atoms with Crippen molar-refractivity contribution in [2.24, 2.45) is 12.0 Å². The van der Waals surface area contributed by atoms with Crippen LogP contribution in [0.2, 0.25) is 0 Å². The molecule has 0 spiro atoms. The highest BCUT2D eigenvalue weighted by molar-refractivity contribution is 5.84. The van der Waals surface area contributed by atoms with Gasteiger partial charge in [0.05, 0.1) is 12.2 Å². The second-order valence-corrected chi connectivity index (χ2v) is 7.42. The van der Waals surface area contributed by atoms with Crippen LogP contribution in [0.25, 0.3) is 10.9 Å². The Morgan fingerprint density at radius 1 is 1.32 bits per heavy atom. The molecule has 0 bridgehead atoms. The minimum Gasteiger partial charge on any atom is -0.361 e. The molecule has 0 aliphatic heterocycles. The first-order valence-electron chi connectivity index (χ1n) is 9.64. The van der Waals surface area contributed by atoms with Crippen LogP contribution in [-0.2, 0) is 13.5 Å². The first kappa shape index (κ1) is 19.9. The maximum atomic E-state index is 4.36. The Labute approximate surface area is 166 Å². The fourth-order valence-corrected chi connectivity index (χ4v) is 3.45. The fourth-order valence-electron chi connectivity index (χ4n) is 3.45. The lowest BCUT2D eigenvalue weighted by molar-refractivity contribution is 0.298. The third-order valence-electron chi connectivity index (χ3n) is 5.03.